The number of thiophene rings is 1. The number of aromatic nitrogens is 2. The normalized spacial score (nSPS) is 11.6. The average Bonchev–Trinajstić information content (AvgIpc) is 3.19. The van der Waals surface area contributed by atoms with Crippen molar-refractivity contribution in [1.82, 2.24) is 9.55 Å². The fraction of sp³-hybridized carbons (Fsp3) is 0.208. The third-order valence-corrected chi connectivity index (χ3v) is 6.61. The van der Waals surface area contributed by atoms with Crippen LogP contribution in [0, 0.1) is 5.82 Å². The number of hydrogen-bond acceptors (Lipinski definition) is 5. The molecule has 0 amide bonds. The van der Waals surface area contributed by atoms with Crippen molar-refractivity contribution in [3.05, 3.63) is 90.5 Å². The summed E-state index contributed by atoms with van der Waals surface area (Å²) >= 11 is 0.825. The van der Waals surface area contributed by atoms with Gasteiger partial charge in [-0.05, 0) is 41.2 Å². The van der Waals surface area contributed by atoms with Crippen molar-refractivity contribution in [2.24, 2.45) is 0 Å². The van der Waals surface area contributed by atoms with Crippen molar-refractivity contribution >= 4 is 28.2 Å². The van der Waals surface area contributed by atoms with Gasteiger partial charge in [-0.3, -0.25) is 4.79 Å². The van der Waals surface area contributed by atoms with Crippen LogP contribution in [0.1, 0.15) is 34.6 Å². The summed E-state index contributed by atoms with van der Waals surface area (Å²) in [6, 6.07) is 11.8. The third-order valence-electron chi connectivity index (χ3n) is 5.64. The molecule has 2 N–H and O–H groups in total. The van der Waals surface area contributed by atoms with Crippen molar-refractivity contribution in [1.29, 1.82) is 0 Å². The topological polar surface area (TPSA) is 101 Å². The molecular weight excluding hydrogens is 447 g/mol. The molecule has 4 aromatic rings. The van der Waals surface area contributed by atoms with Crippen LogP contribution in [0.3, 0.4) is 0 Å². The van der Waals surface area contributed by atoms with Gasteiger partial charge in [0.25, 0.3) is 5.56 Å². The Morgan fingerprint density at radius 1 is 1.21 bits per heavy atom. The highest BCUT2D eigenvalue weighted by Crippen LogP contribution is 2.33. The number of methoxy groups -OCH3 is 1. The Balaban J connectivity index is 1.87. The smallest absolute Gasteiger partial charge is 0.346 e. The van der Waals surface area contributed by atoms with Crippen LogP contribution < -0.4 is 16.0 Å². The van der Waals surface area contributed by atoms with Crippen LogP contribution >= 0.6 is 11.3 Å². The molecule has 7 nitrogen and oxygen atoms in total. The first-order valence-corrected chi connectivity index (χ1v) is 10.9. The van der Waals surface area contributed by atoms with Gasteiger partial charge >= 0.3 is 11.7 Å². The van der Waals surface area contributed by atoms with Gasteiger partial charge in [0.1, 0.15) is 16.4 Å². The number of aromatic amines is 1. The van der Waals surface area contributed by atoms with E-state index in [4.69, 9.17) is 4.74 Å². The maximum Gasteiger partial charge on any atom is 0.346 e. The standard InChI is InChI=1S/C24H21FN2O5S/c1-24(2,11-13-6-4-5-7-18(13)32-3)14-8-9-15(25)17(10-14)27-21(28)19-16(26-23(27)31)12-33-20(19)22(29)30/h4-10,12H,11H2,1-3H3,(H,26,31)(H,29,30). The minimum Gasteiger partial charge on any atom is -0.496 e. The lowest BCUT2D eigenvalue weighted by Crippen LogP contribution is -2.34. The van der Waals surface area contributed by atoms with E-state index in [1.54, 1.807) is 13.2 Å². The van der Waals surface area contributed by atoms with Gasteiger partial charge in [-0.2, -0.15) is 0 Å². The molecular formula is C24H21FN2O5S. The van der Waals surface area contributed by atoms with Crippen LogP contribution in [0.25, 0.3) is 16.6 Å². The van der Waals surface area contributed by atoms with E-state index in [1.807, 2.05) is 38.1 Å². The first-order chi connectivity index (χ1) is 15.6. The molecule has 4 rings (SSSR count). The summed E-state index contributed by atoms with van der Waals surface area (Å²) in [5.74, 6) is -1.34. The number of ether oxygens (including phenoxy) is 1. The molecule has 0 aliphatic rings. The Bertz CT molecular complexity index is 1500. The number of para-hydroxylation sites is 1. The zero-order chi connectivity index (χ0) is 23.9. The fourth-order valence-corrected chi connectivity index (χ4v) is 4.77. The second kappa shape index (κ2) is 8.32. The summed E-state index contributed by atoms with van der Waals surface area (Å²) in [6.45, 7) is 3.93. The molecule has 170 valence electrons. The van der Waals surface area contributed by atoms with Crippen LogP contribution in [0.15, 0.2) is 57.4 Å². The number of aromatic carboxylic acids is 1. The predicted octanol–water partition coefficient (Wildman–Crippen LogP) is 4.11. The van der Waals surface area contributed by atoms with Crippen LogP contribution in [0.2, 0.25) is 0 Å². The summed E-state index contributed by atoms with van der Waals surface area (Å²) in [4.78, 5) is 39.6. The van der Waals surface area contributed by atoms with Gasteiger partial charge in [-0.25, -0.2) is 18.5 Å². The molecule has 0 saturated heterocycles. The molecule has 33 heavy (non-hydrogen) atoms. The van der Waals surface area contributed by atoms with Crippen molar-refractivity contribution in [2.75, 3.05) is 7.11 Å². The van der Waals surface area contributed by atoms with Gasteiger partial charge in [0.15, 0.2) is 0 Å². The van der Waals surface area contributed by atoms with Crippen LogP contribution in [-0.2, 0) is 11.8 Å². The van der Waals surface area contributed by atoms with E-state index in [2.05, 4.69) is 4.98 Å². The van der Waals surface area contributed by atoms with E-state index >= 15 is 0 Å². The molecule has 2 aromatic heterocycles. The number of carboxylic acids is 1. The van der Waals surface area contributed by atoms with Crippen LogP contribution in [0.4, 0.5) is 4.39 Å². The van der Waals surface area contributed by atoms with Gasteiger partial charge in [0, 0.05) is 5.38 Å². The van der Waals surface area contributed by atoms with Crippen molar-refractivity contribution in [3.8, 4) is 11.4 Å². The largest absolute Gasteiger partial charge is 0.496 e. The monoisotopic (exact) mass is 468 g/mol. The SMILES string of the molecule is COc1ccccc1CC(C)(C)c1ccc(F)c(-n2c(=O)[nH]c3csc(C(=O)O)c3c2=O)c1. The number of halogens is 1. The molecule has 0 radical (unpaired) electrons. The average molecular weight is 469 g/mol. The van der Waals surface area contributed by atoms with Crippen LogP contribution in [0.5, 0.6) is 5.75 Å². The van der Waals surface area contributed by atoms with Gasteiger partial charge in [-0.15, -0.1) is 11.3 Å². The Morgan fingerprint density at radius 2 is 1.94 bits per heavy atom. The maximum absolute atomic E-state index is 14.9. The van der Waals surface area contributed by atoms with Gasteiger partial charge in [-0.1, -0.05) is 38.1 Å². The van der Waals surface area contributed by atoms with Gasteiger partial charge < -0.3 is 14.8 Å². The Morgan fingerprint density at radius 3 is 2.64 bits per heavy atom. The first-order valence-electron chi connectivity index (χ1n) is 10.1. The number of carbonyl (C=O) groups is 1. The number of hydrogen-bond donors (Lipinski definition) is 2. The van der Waals surface area contributed by atoms with E-state index in [0.29, 0.717) is 16.6 Å². The zero-order valence-electron chi connectivity index (χ0n) is 18.1. The van der Waals surface area contributed by atoms with Crippen molar-refractivity contribution < 1.29 is 19.0 Å². The number of nitrogens with zero attached hydrogens (tertiary/aromatic N) is 1. The Hall–Kier alpha value is -3.72. The number of benzene rings is 2. The van der Waals surface area contributed by atoms with E-state index in [-0.39, 0.29) is 21.5 Å². The van der Waals surface area contributed by atoms with Gasteiger partial charge in [0.2, 0.25) is 0 Å². The molecule has 2 aromatic carbocycles. The molecule has 2 heterocycles. The molecule has 0 atom stereocenters. The molecule has 9 heteroatoms. The number of carboxylic acid groups (broad SMARTS) is 1. The molecule has 0 bridgehead atoms. The highest BCUT2D eigenvalue weighted by molar-refractivity contribution is 7.13. The fourth-order valence-electron chi connectivity index (χ4n) is 3.95. The lowest BCUT2D eigenvalue weighted by molar-refractivity contribution is 0.0704. The molecule has 0 aliphatic heterocycles. The second-order valence-corrected chi connectivity index (χ2v) is 9.15. The van der Waals surface area contributed by atoms with Gasteiger partial charge in [0.05, 0.1) is 23.7 Å². The highest BCUT2D eigenvalue weighted by atomic mass is 32.1. The van der Waals surface area contributed by atoms with E-state index < -0.39 is 28.5 Å². The summed E-state index contributed by atoms with van der Waals surface area (Å²) in [5.41, 5.74) is -0.719. The van der Waals surface area contributed by atoms with E-state index in [1.165, 1.54) is 17.5 Å². The summed E-state index contributed by atoms with van der Waals surface area (Å²) in [6.07, 6.45) is 0.556. The summed E-state index contributed by atoms with van der Waals surface area (Å²) < 4.78 is 21.0. The first kappa shape index (κ1) is 22.5. The Kier molecular flexibility index (Phi) is 5.67. The maximum atomic E-state index is 14.9. The number of fused-ring (bicyclic) bond motifs is 1. The number of H-pyrrole nitrogens is 1. The molecule has 0 fully saturated rings. The molecule has 0 spiro atoms. The summed E-state index contributed by atoms with van der Waals surface area (Å²) in [5, 5.41) is 10.6. The lowest BCUT2D eigenvalue weighted by Gasteiger charge is -2.27. The lowest BCUT2D eigenvalue weighted by atomic mass is 9.79. The second-order valence-electron chi connectivity index (χ2n) is 8.27. The minimum atomic E-state index is -1.29. The van der Waals surface area contributed by atoms with Crippen molar-refractivity contribution in [3.63, 3.8) is 0 Å². The minimum absolute atomic E-state index is 0.108. The van der Waals surface area contributed by atoms with E-state index in [9.17, 15) is 23.9 Å². The third kappa shape index (κ3) is 3.95. The van der Waals surface area contributed by atoms with Crippen molar-refractivity contribution in [2.45, 2.75) is 25.7 Å². The molecule has 0 saturated carbocycles. The molecule has 0 unspecified atom stereocenters. The molecule has 0 aliphatic carbocycles. The predicted molar refractivity (Wildman–Crippen MR) is 125 cm³/mol. The number of rotatable bonds is 6. The highest BCUT2D eigenvalue weighted by Gasteiger charge is 2.26. The van der Waals surface area contributed by atoms with E-state index in [0.717, 1.165) is 22.6 Å². The quantitative estimate of drug-likeness (QED) is 0.444. The summed E-state index contributed by atoms with van der Waals surface area (Å²) in [7, 11) is 1.59. The zero-order valence-corrected chi connectivity index (χ0v) is 19.0. The number of nitrogens with one attached hydrogen (secondary N) is 1. The van der Waals surface area contributed by atoms with Crippen LogP contribution in [-0.4, -0.2) is 27.7 Å². The Labute approximate surface area is 191 Å².